The van der Waals surface area contributed by atoms with E-state index >= 15 is 0 Å². The lowest BCUT2D eigenvalue weighted by Crippen LogP contribution is -2.23. The van der Waals surface area contributed by atoms with Gasteiger partial charge in [0.05, 0.1) is 13.2 Å². The number of nitrogen functional groups attached to an aromatic ring is 1. The van der Waals surface area contributed by atoms with Gasteiger partial charge >= 0.3 is 0 Å². The fraction of sp³-hybridized carbons (Fsp3) is 0.286. The van der Waals surface area contributed by atoms with E-state index in [4.69, 9.17) is 22.1 Å². The van der Waals surface area contributed by atoms with Crippen LogP contribution in [0, 0.1) is 0 Å². The molecule has 2 N–H and O–H groups in total. The molecule has 1 aromatic heterocycles. The van der Waals surface area contributed by atoms with Crippen molar-refractivity contribution in [1.82, 2.24) is 9.97 Å². The van der Waals surface area contributed by atoms with Crippen molar-refractivity contribution in [3.63, 3.8) is 0 Å². The second-order valence-electron chi connectivity index (χ2n) is 4.46. The first-order chi connectivity index (χ1) is 9.54. The zero-order chi connectivity index (χ0) is 14.7. The number of benzene rings is 1. The van der Waals surface area contributed by atoms with Gasteiger partial charge in [-0.25, -0.2) is 9.97 Å². The number of nitrogens with zero attached hydrogens (tertiary/aromatic N) is 3. The summed E-state index contributed by atoms with van der Waals surface area (Å²) in [5.74, 6) is 1.44. The van der Waals surface area contributed by atoms with Crippen molar-refractivity contribution in [2.45, 2.75) is 13.0 Å². The Bertz CT molecular complexity index is 605. The fourth-order valence-electron chi connectivity index (χ4n) is 2.00. The van der Waals surface area contributed by atoms with Crippen LogP contribution in [0.4, 0.5) is 11.6 Å². The van der Waals surface area contributed by atoms with Gasteiger partial charge in [-0.05, 0) is 24.6 Å². The van der Waals surface area contributed by atoms with E-state index in [9.17, 15) is 0 Å². The monoisotopic (exact) mass is 292 g/mol. The molecule has 1 unspecified atom stereocenters. The molecule has 1 atom stereocenters. The summed E-state index contributed by atoms with van der Waals surface area (Å²) < 4.78 is 5.29. The van der Waals surface area contributed by atoms with Crippen molar-refractivity contribution in [3.05, 3.63) is 41.2 Å². The summed E-state index contributed by atoms with van der Waals surface area (Å²) >= 11 is 6.03. The average molecular weight is 293 g/mol. The molecule has 0 spiro atoms. The molecule has 1 heterocycles. The van der Waals surface area contributed by atoms with Crippen LogP contribution in [0.15, 0.2) is 30.6 Å². The number of ether oxygens (including phenoxy) is 1. The summed E-state index contributed by atoms with van der Waals surface area (Å²) in [5, 5.41) is 0.705. The van der Waals surface area contributed by atoms with E-state index in [1.54, 1.807) is 7.11 Å². The highest BCUT2D eigenvalue weighted by Crippen LogP contribution is 2.34. The smallest absolute Gasteiger partial charge is 0.204 e. The molecule has 2 aromatic rings. The number of halogens is 1. The molecule has 0 aliphatic heterocycles. The van der Waals surface area contributed by atoms with Crippen molar-refractivity contribution in [3.8, 4) is 5.75 Å². The van der Waals surface area contributed by atoms with Gasteiger partial charge in [0.15, 0.2) is 11.6 Å². The second-order valence-corrected chi connectivity index (χ2v) is 4.89. The fourth-order valence-corrected chi connectivity index (χ4v) is 2.20. The van der Waals surface area contributed by atoms with Crippen LogP contribution in [0.25, 0.3) is 0 Å². The Morgan fingerprint density at radius 3 is 2.75 bits per heavy atom. The van der Waals surface area contributed by atoms with E-state index in [1.807, 2.05) is 36.2 Å². The van der Waals surface area contributed by atoms with Crippen molar-refractivity contribution in [1.29, 1.82) is 0 Å². The first-order valence-electron chi connectivity index (χ1n) is 6.17. The van der Waals surface area contributed by atoms with E-state index in [-0.39, 0.29) is 6.04 Å². The van der Waals surface area contributed by atoms with Crippen molar-refractivity contribution >= 4 is 23.2 Å². The van der Waals surface area contributed by atoms with Crippen LogP contribution in [-0.2, 0) is 0 Å². The molecule has 106 valence electrons. The number of aromatic nitrogens is 2. The number of hydrogen-bond donors (Lipinski definition) is 1. The van der Waals surface area contributed by atoms with E-state index in [1.165, 1.54) is 6.33 Å². The number of methoxy groups -OCH3 is 1. The van der Waals surface area contributed by atoms with Crippen LogP contribution in [0.1, 0.15) is 18.5 Å². The zero-order valence-corrected chi connectivity index (χ0v) is 12.4. The van der Waals surface area contributed by atoms with E-state index in [0.717, 1.165) is 5.56 Å². The molecule has 0 saturated heterocycles. The molecular weight excluding hydrogens is 276 g/mol. The predicted molar refractivity (Wildman–Crippen MR) is 81.3 cm³/mol. The molecule has 0 aliphatic rings. The Hall–Kier alpha value is -2.01. The molecule has 5 nitrogen and oxygen atoms in total. The molecule has 0 saturated carbocycles. The normalized spacial score (nSPS) is 12.0. The zero-order valence-electron chi connectivity index (χ0n) is 11.7. The first-order valence-corrected chi connectivity index (χ1v) is 6.55. The van der Waals surface area contributed by atoms with Crippen LogP contribution in [-0.4, -0.2) is 24.1 Å². The molecule has 2 rings (SSSR count). The van der Waals surface area contributed by atoms with Gasteiger partial charge in [-0.2, -0.15) is 0 Å². The second kappa shape index (κ2) is 5.96. The topological polar surface area (TPSA) is 64.3 Å². The summed E-state index contributed by atoms with van der Waals surface area (Å²) in [5.41, 5.74) is 6.89. The largest absolute Gasteiger partial charge is 0.490 e. The average Bonchev–Trinajstić information content (AvgIpc) is 2.45. The maximum atomic E-state index is 6.03. The number of hydrogen-bond acceptors (Lipinski definition) is 5. The van der Waals surface area contributed by atoms with Gasteiger partial charge < -0.3 is 15.4 Å². The summed E-state index contributed by atoms with van der Waals surface area (Å²) in [6.45, 7) is 2.06. The van der Waals surface area contributed by atoms with Gasteiger partial charge in [0, 0.05) is 12.1 Å². The van der Waals surface area contributed by atoms with Gasteiger partial charge in [0.2, 0.25) is 5.75 Å². The van der Waals surface area contributed by atoms with Gasteiger partial charge in [-0.3, -0.25) is 0 Å². The van der Waals surface area contributed by atoms with Gasteiger partial charge in [-0.1, -0.05) is 23.7 Å². The Morgan fingerprint density at radius 1 is 1.35 bits per heavy atom. The quantitative estimate of drug-likeness (QED) is 0.938. The van der Waals surface area contributed by atoms with Gasteiger partial charge in [-0.15, -0.1) is 0 Å². The molecular formula is C14H17ClN4O. The summed E-state index contributed by atoms with van der Waals surface area (Å²) in [6, 6.07) is 7.79. The lowest BCUT2D eigenvalue weighted by Gasteiger charge is -2.27. The molecule has 6 heteroatoms. The minimum Gasteiger partial charge on any atom is -0.490 e. The van der Waals surface area contributed by atoms with E-state index in [2.05, 4.69) is 16.9 Å². The summed E-state index contributed by atoms with van der Waals surface area (Å²) in [7, 11) is 3.48. The van der Waals surface area contributed by atoms with Crippen LogP contribution in [0.5, 0.6) is 5.75 Å². The number of nitrogens with two attached hydrogens (primary N) is 1. The highest BCUT2D eigenvalue weighted by atomic mass is 35.5. The SMILES string of the molecule is COc1c(N)ncnc1N(C)C(C)c1cccc(Cl)c1. The van der Waals surface area contributed by atoms with Crippen LogP contribution < -0.4 is 15.4 Å². The third-order valence-corrected chi connectivity index (χ3v) is 3.50. The third-order valence-electron chi connectivity index (χ3n) is 3.26. The summed E-state index contributed by atoms with van der Waals surface area (Å²) in [6.07, 6.45) is 1.42. The Morgan fingerprint density at radius 2 is 2.10 bits per heavy atom. The number of anilines is 2. The Balaban J connectivity index is 2.36. The van der Waals surface area contributed by atoms with Crippen LogP contribution >= 0.6 is 11.6 Å². The van der Waals surface area contributed by atoms with Crippen molar-refractivity contribution in [2.75, 3.05) is 24.8 Å². The first kappa shape index (κ1) is 14.4. The Kier molecular flexibility index (Phi) is 4.29. The molecule has 0 aliphatic carbocycles. The summed E-state index contributed by atoms with van der Waals surface area (Å²) in [4.78, 5) is 10.2. The van der Waals surface area contributed by atoms with Crippen LogP contribution in [0.2, 0.25) is 5.02 Å². The lowest BCUT2D eigenvalue weighted by atomic mass is 10.1. The lowest BCUT2D eigenvalue weighted by molar-refractivity contribution is 0.412. The molecule has 20 heavy (non-hydrogen) atoms. The van der Waals surface area contributed by atoms with Crippen molar-refractivity contribution in [2.24, 2.45) is 0 Å². The maximum absolute atomic E-state index is 6.03. The molecule has 0 fully saturated rings. The Labute approximate surface area is 123 Å². The van der Waals surface area contributed by atoms with Gasteiger partial charge in [0.1, 0.15) is 6.33 Å². The highest BCUT2D eigenvalue weighted by molar-refractivity contribution is 6.30. The minimum absolute atomic E-state index is 0.0666. The minimum atomic E-state index is 0.0666. The predicted octanol–water partition coefficient (Wildman–Crippen LogP) is 2.92. The van der Waals surface area contributed by atoms with Crippen molar-refractivity contribution < 1.29 is 4.74 Å². The van der Waals surface area contributed by atoms with E-state index in [0.29, 0.717) is 22.4 Å². The van der Waals surface area contributed by atoms with E-state index < -0.39 is 0 Å². The number of rotatable bonds is 4. The molecule has 0 bridgehead atoms. The maximum Gasteiger partial charge on any atom is 0.204 e. The standard InChI is InChI=1S/C14H17ClN4O/c1-9(10-5-4-6-11(15)7-10)19(2)14-12(20-3)13(16)17-8-18-14/h4-9H,1-3H3,(H2,16,17,18). The highest BCUT2D eigenvalue weighted by Gasteiger charge is 2.19. The molecule has 0 radical (unpaired) electrons. The molecule has 0 amide bonds. The molecule has 1 aromatic carbocycles. The van der Waals surface area contributed by atoms with Crippen LogP contribution in [0.3, 0.4) is 0 Å². The van der Waals surface area contributed by atoms with Gasteiger partial charge in [0.25, 0.3) is 0 Å². The third kappa shape index (κ3) is 2.77.